The first kappa shape index (κ1) is 13.2. The van der Waals surface area contributed by atoms with E-state index in [1.54, 1.807) is 25.3 Å². The Hall–Kier alpha value is -1.26. The van der Waals surface area contributed by atoms with Crippen molar-refractivity contribution in [3.05, 3.63) is 28.8 Å². The lowest BCUT2D eigenvalue weighted by molar-refractivity contribution is 0.0328. The zero-order chi connectivity index (χ0) is 13.1. The van der Waals surface area contributed by atoms with Crippen LogP contribution >= 0.6 is 11.6 Å². The molecule has 0 unspecified atom stereocenters. The van der Waals surface area contributed by atoms with E-state index in [9.17, 15) is 4.79 Å². The molecule has 0 amide bonds. The van der Waals surface area contributed by atoms with Crippen LogP contribution < -0.4 is 5.32 Å². The number of nitrogens with one attached hydrogen (secondary N) is 1. The van der Waals surface area contributed by atoms with Crippen LogP contribution in [0.25, 0.3) is 0 Å². The van der Waals surface area contributed by atoms with Gasteiger partial charge in [0.15, 0.2) is 0 Å². The zero-order valence-electron chi connectivity index (χ0n) is 10.4. The highest BCUT2D eigenvalue weighted by atomic mass is 35.5. The largest absolute Gasteiger partial charge is 0.465 e. The van der Waals surface area contributed by atoms with Gasteiger partial charge in [0.25, 0.3) is 0 Å². The van der Waals surface area contributed by atoms with Crippen molar-refractivity contribution in [2.75, 3.05) is 19.5 Å². The van der Waals surface area contributed by atoms with Crippen LogP contribution in [0, 0.1) is 0 Å². The van der Waals surface area contributed by atoms with Crippen molar-refractivity contribution >= 4 is 23.3 Å². The molecular formula is C13H16ClNO3. The third kappa shape index (κ3) is 2.76. The first-order chi connectivity index (χ1) is 8.63. The van der Waals surface area contributed by atoms with Gasteiger partial charge in [0.2, 0.25) is 0 Å². The molecule has 1 N–H and O–H groups in total. The van der Waals surface area contributed by atoms with Gasteiger partial charge in [0.05, 0.1) is 24.5 Å². The molecule has 1 fully saturated rings. The second-order valence-corrected chi connectivity index (χ2v) is 4.79. The van der Waals surface area contributed by atoms with Crippen molar-refractivity contribution in [1.29, 1.82) is 0 Å². The van der Waals surface area contributed by atoms with Gasteiger partial charge in [0.1, 0.15) is 0 Å². The second kappa shape index (κ2) is 5.59. The minimum absolute atomic E-state index is 0.309. The van der Waals surface area contributed by atoms with Crippen LogP contribution in [0.2, 0.25) is 5.02 Å². The van der Waals surface area contributed by atoms with E-state index in [-0.39, 0.29) is 5.97 Å². The molecule has 1 aromatic carbocycles. The number of hydrogen-bond donors (Lipinski definition) is 1. The number of hydrogen-bond acceptors (Lipinski definition) is 4. The first-order valence-electron chi connectivity index (χ1n) is 5.81. The Morgan fingerprint density at radius 1 is 1.39 bits per heavy atom. The van der Waals surface area contributed by atoms with Gasteiger partial charge in [0, 0.05) is 18.2 Å². The van der Waals surface area contributed by atoms with E-state index in [1.165, 1.54) is 7.11 Å². The fraction of sp³-hybridized carbons (Fsp3) is 0.462. The van der Waals surface area contributed by atoms with Gasteiger partial charge in [-0.1, -0.05) is 11.6 Å². The van der Waals surface area contributed by atoms with E-state index in [0.717, 1.165) is 12.8 Å². The number of anilines is 1. The molecule has 0 aliphatic heterocycles. The number of ether oxygens (including phenoxy) is 2. The molecule has 18 heavy (non-hydrogen) atoms. The number of rotatable bonds is 4. The summed E-state index contributed by atoms with van der Waals surface area (Å²) in [4.78, 5) is 11.6. The Bertz CT molecular complexity index is 444. The van der Waals surface area contributed by atoms with Crippen LogP contribution in [-0.4, -0.2) is 32.3 Å². The molecule has 4 nitrogen and oxygen atoms in total. The average molecular weight is 270 g/mol. The molecular weight excluding hydrogens is 254 g/mol. The van der Waals surface area contributed by atoms with Gasteiger partial charge in [-0.3, -0.25) is 0 Å². The Morgan fingerprint density at radius 3 is 2.72 bits per heavy atom. The first-order valence-corrected chi connectivity index (χ1v) is 6.19. The van der Waals surface area contributed by atoms with Crippen LogP contribution in [0.3, 0.4) is 0 Å². The van der Waals surface area contributed by atoms with E-state index < -0.39 is 0 Å². The molecule has 98 valence electrons. The van der Waals surface area contributed by atoms with Crippen LogP contribution in [0.5, 0.6) is 0 Å². The maximum atomic E-state index is 11.6. The molecule has 0 radical (unpaired) electrons. The minimum atomic E-state index is -0.364. The smallest absolute Gasteiger partial charge is 0.339 e. The van der Waals surface area contributed by atoms with Crippen molar-refractivity contribution in [1.82, 2.24) is 0 Å². The number of methoxy groups -OCH3 is 2. The summed E-state index contributed by atoms with van der Waals surface area (Å²) in [6.07, 6.45) is 2.18. The van der Waals surface area contributed by atoms with E-state index in [1.807, 2.05) is 0 Å². The molecule has 0 aromatic heterocycles. The average Bonchev–Trinajstić information content (AvgIpc) is 2.32. The van der Waals surface area contributed by atoms with Crippen molar-refractivity contribution < 1.29 is 14.3 Å². The highest BCUT2D eigenvalue weighted by Crippen LogP contribution is 2.29. The van der Waals surface area contributed by atoms with Crippen LogP contribution in [0.4, 0.5) is 5.69 Å². The van der Waals surface area contributed by atoms with E-state index in [0.29, 0.717) is 28.4 Å². The molecule has 5 heteroatoms. The maximum absolute atomic E-state index is 11.6. The summed E-state index contributed by atoms with van der Waals surface area (Å²) in [7, 11) is 3.07. The van der Waals surface area contributed by atoms with E-state index >= 15 is 0 Å². The fourth-order valence-electron chi connectivity index (χ4n) is 2.02. The highest BCUT2D eigenvalue weighted by molar-refractivity contribution is 6.31. The normalized spacial score (nSPS) is 22.2. The molecule has 1 aliphatic rings. The summed E-state index contributed by atoms with van der Waals surface area (Å²) >= 11 is 5.95. The summed E-state index contributed by atoms with van der Waals surface area (Å²) in [5.41, 5.74) is 1.22. The number of esters is 1. The van der Waals surface area contributed by atoms with Crippen molar-refractivity contribution in [3.8, 4) is 0 Å². The monoisotopic (exact) mass is 269 g/mol. The highest BCUT2D eigenvalue weighted by Gasteiger charge is 2.29. The lowest BCUT2D eigenvalue weighted by Gasteiger charge is -2.35. The molecule has 0 saturated heterocycles. The van der Waals surface area contributed by atoms with Gasteiger partial charge in [-0.2, -0.15) is 0 Å². The molecule has 0 spiro atoms. The number of halogens is 1. The summed E-state index contributed by atoms with van der Waals surface area (Å²) in [5.74, 6) is -0.364. The summed E-state index contributed by atoms with van der Waals surface area (Å²) in [6, 6.07) is 5.41. The van der Waals surface area contributed by atoms with Crippen LogP contribution in [0.15, 0.2) is 18.2 Å². The Kier molecular flexibility index (Phi) is 4.09. The summed E-state index contributed by atoms with van der Waals surface area (Å²) < 4.78 is 9.96. The van der Waals surface area contributed by atoms with Gasteiger partial charge in [-0.25, -0.2) is 4.79 Å². The Morgan fingerprint density at radius 2 is 2.11 bits per heavy atom. The SMILES string of the molecule is COC(=O)c1ccc(Cl)cc1NC1CC(OC)C1. The van der Waals surface area contributed by atoms with Gasteiger partial charge < -0.3 is 14.8 Å². The standard InChI is InChI=1S/C13H16ClNO3/c1-17-10-6-9(7-10)15-12-5-8(14)3-4-11(12)13(16)18-2/h3-5,9-10,15H,6-7H2,1-2H3. The number of carbonyl (C=O) groups is 1. The van der Waals surface area contributed by atoms with E-state index in [4.69, 9.17) is 21.1 Å². The molecule has 0 bridgehead atoms. The molecule has 1 aliphatic carbocycles. The lowest BCUT2D eigenvalue weighted by Crippen LogP contribution is -2.40. The zero-order valence-corrected chi connectivity index (χ0v) is 11.2. The van der Waals surface area contributed by atoms with E-state index in [2.05, 4.69) is 5.32 Å². The quantitative estimate of drug-likeness (QED) is 0.854. The van der Waals surface area contributed by atoms with Gasteiger partial charge >= 0.3 is 5.97 Å². The number of carbonyl (C=O) groups excluding carboxylic acids is 1. The second-order valence-electron chi connectivity index (χ2n) is 4.35. The molecule has 1 aromatic rings. The van der Waals surface area contributed by atoms with Gasteiger partial charge in [-0.15, -0.1) is 0 Å². The third-order valence-corrected chi connectivity index (χ3v) is 3.41. The van der Waals surface area contributed by atoms with Crippen molar-refractivity contribution in [2.24, 2.45) is 0 Å². The predicted molar refractivity (Wildman–Crippen MR) is 70.2 cm³/mol. The van der Waals surface area contributed by atoms with Crippen LogP contribution in [-0.2, 0) is 9.47 Å². The molecule has 1 saturated carbocycles. The van der Waals surface area contributed by atoms with Crippen molar-refractivity contribution in [2.45, 2.75) is 25.0 Å². The third-order valence-electron chi connectivity index (χ3n) is 3.17. The Balaban J connectivity index is 2.11. The van der Waals surface area contributed by atoms with Crippen molar-refractivity contribution in [3.63, 3.8) is 0 Å². The number of benzene rings is 1. The topological polar surface area (TPSA) is 47.6 Å². The summed E-state index contributed by atoms with van der Waals surface area (Å²) in [5, 5.41) is 3.89. The predicted octanol–water partition coefficient (Wildman–Crippen LogP) is 2.72. The molecule has 0 atom stereocenters. The fourth-order valence-corrected chi connectivity index (χ4v) is 2.19. The molecule has 2 rings (SSSR count). The lowest BCUT2D eigenvalue weighted by atomic mass is 9.89. The van der Waals surface area contributed by atoms with Crippen LogP contribution in [0.1, 0.15) is 23.2 Å². The summed E-state index contributed by atoms with van der Waals surface area (Å²) in [6.45, 7) is 0. The minimum Gasteiger partial charge on any atom is -0.465 e. The Labute approximate surface area is 111 Å². The van der Waals surface area contributed by atoms with Gasteiger partial charge in [-0.05, 0) is 31.0 Å². The molecule has 0 heterocycles. The maximum Gasteiger partial charge on any atom is 0.339 e.